The molecule has 3 heterocycles. The first-order valence-electron chi connectivity index (χ1n) is 8.08. The lowest BCUT2D eigenvalue weighted by Crippen LogP contribution is -2.31. The minimum Gasteiger partial charge on any atom is -0.340 e. The summed E-state index contributed by atoms with van der Waals surface area (Å²) < 4.78 is 0. The SMILES string of the molecule is O=C(CCc1cccs1)N1CCC[C@@H]1c1nc2ccccc2[nH]1. The van der Waals surface area contributed by atoms with Gasteiger partial charge in [0.2, 0.25) is 5.91 Å². The van der Waals surface area contributed by atoms with Gasteiger partial charge < -0.3 is 9.88 Å². The van der Waals surface area contributed by atoms with E-state index in [4.69, 9.17) is 4.98 Å². The lowest BCUT2D eigenvalue weighted by molar-refractivity contribution is -0.132. The van der Waals surface area contributed by atoms with Crippen molar-refractivity contribution in [2.75, 3.05) is 6.54 Å². The minimum atomic E-state index is 0.0956. The molecule has 1 saturated heterocycles. The molecule has 1 amide bonds. The second kappa shape index (κ2) is 6.16. The number of likely N-dealkylation sites (tertiary alicyclic amines) is 1. The molecular formula is C18H19N3OS. The van der Waals surface area contributed by atoms with Crippen molar-refractivity contribution in [2.45, 2.75) is 31.7 Å². The molecule has 0 radical (unpaired) electrons. The van der Waals surface area contributed by atoms with Gasteiger partial charge in [-0.3, -0.25) is 4.79 Å². The monoisotopic (exact) mass is 325 g/mol. The fraction of sp³-hybridized carbons (Fsp3) is 0.333. The fourth-order valence-corrected chi connectivity index (χ4v) is 4.02. The number of carbonyl (C=O) groups excluding carboxylic acids is 1. The molecule has 4 rings (SSSR count). The number of thiophene rings is 1. The van der Waals surface area contributed by atoms with Crippen molar-refractivity contribution in [1.29, 1.82) is 0 Å². The van der Waals surface area contributed by atoms with Crippen molar-refractivity contribution in [3.05, 3.63) is 52.5 Å². The van der Waals surface area contributed by atoms with Crippen molar-refractivity contribution in [3.8, 4) is 0 Å². The molecule has 1 aliphatic rings. The summed E-state index contributed by atoms with van der Waals surface area (Å²) >= 11 is 1.72. The molecule has 5 heteroatoms. The van der Waals surface area contributed by atoms with Gasteiger partial charge in [0.1, 0.15) is 5.82 Å². The second-order valence-corrected chi connectivity index (χ2v) is 7.00. The van der Waals surface area contributed by atoms with Crippen molar-refractivity contribution in [1.82, 2.24) is 14.9 Å². The number of nitrogens with zero attached hydrogens (tertiary/aromatic N) is 2. The zero-order valence-electron chi connectivity index (χ0n) is 12.9. The van der Waals surface area contributed by atoms with E-state index in [1.807, 2.05) is 35.2 Å². The van der Waals surface area contributed by atoms with Gasteiger partial charge in [-0.1, -0.05) is 18.2 Å². The molecule has 1 fully saturated rings. The van der Waals surface area contributed by atoms with E-state index >= 15 is 0 Å². The number of carbonyl (C=O) groups is 1. The Bertz CT molecular complexity index is 776. The van der Waals surface area contributed by atoms with Gasteiger partial charge in [0.05, 0.1) is 17.1 Å². The van der Waals surface area contributed by atoms with Crippen LogP contribution in [0.2, 0.25) is 0 Å². The first kappa shape index (κ1) is 14.5. The van der Waals surface area contributed by atoms with Gasteiger partial charge in [-0.15, -0.1) is 11.3 Å². The molecule has 0 unspecified atom stereocenters. The van der Waals surface area contributed by atoms with E-state index in [-0.39, 0.29) is 11.9 Å². The summed E-state index contributed by atoms with van der Waals surface area (Å²) in [6.45, 7) is 0.838. The average molecular weight is 325 g/mol. The third-order valence-electron chi connectivity index (χ3n) is 4.46. The van der Waals surface area contributed by atoms with Gasteiger partial charge in [0, 0.05) is 17.8 Å². The van der Waals surface area contributed by atoms with Crippen LogP contribution in [0.3, 0.4) is 0 Å². The minimum absolute atomic E-state index is 0.0956. The zero-order chi connectivity index (χ0) is 15.6. The predicted molar refractivity (Wildman–Crippen MR) is 92.4 cm³/mol. The van der Waals surface area contributed by atoms with E-state index in [0.29, 0.717) is 6.42 Å². The highest BCUT2D eigenvalue weighted by Gasteiger charge is 2.31. The number of amides is 1. The van der Waals surface area contributed by atoms with Crippen LogP contribution in [0.4, 0.5) is 0 Å². The van der Waals surface area contributed by atoms with Crippen LogP contribution in [0.25, 0.3) is 11.0 Å². The summed E-state index contributed by atoms with van der Waals surface area (Å²) in [5.74, 6) is 1.16. The van der Waals surface area contributed by atoms with Crippen LogP contribution in [0.5, 0.6) is 0 Å². The number of fused-ring (bicyclic) bond motifs is 1. The topological polar surface area (TPSA) is 49.0 Å². The van der Waals surface area contributed by atoms with E-state index < -0.39 is 0 Å². The van der Waals surface area contributed by atoms with Gasteiger partial charge in [-0.25, -0.2) is 4.98 Å². The van der Waals surface area contributed by atoms with Gasteiger partial charge in [0.25, 0.3) is 0 Å². The number of H-pyrrole nitrogens is 1. The Morgan fingerprint density at radius 2 is 2.22 bits per heavy atom. The highest BCUT2D eigenvalue weighted by molar-refractivity contribution is 7.09. The molecule has 3 aromatic rings. The number of hydrogen-bond donors (Lipinski definition) is 1. The Labute approximate surface area is 139 Å². The molecule has 1 N–H and O–H groups in total. The number of benzene rings is 1. The van der Waals surface area contributed by atoms with E-state index in [1.165, 1.54) is 4.88 Å². The lowest BCUT2D eigenvalue weighted by Gasteiger charge is -2.23. The Hall–Kier alpha value is -2.14. The molecule has 1 aliphatic heterocycles. The van der Waals surface area contributed by atoms with Crippen molar-refractivity contribution >= 4 is 28.3 Å². The summed E-state index contributed by atoms with van der Waals surface area (Å²) in [4.78, 5) is 24.0. The molecule has 4 nitrogen and oxygen atoms in total. The summed E-state index contributed by atoms with van der Waals surface area (Å²) in [5, 5.41) is 2.06. The largest absolute Gasteiger partial charge is 0.340 e. The van der Waals surface area contributed by atoms with E-state index in [1.54, 1.807) is 11.3 Å². The van der Waals surface area contributed by atoms with Crippen molar-refractivity contribution in [3.63, 3.8) is 0 Å². The molecule has 0 aliphatic carbocycles. The van der Waals surface area contributed by atoms with Gasteiger partial charge in [0.15, 0.2) is 0 Å². The lowest BCUT2D eigenvalue weighted by atomic mass is 10.2. The van der Waals surface area contributed by atoms with E-state index in [2.05, 4.69) is 16.4 Å². The van der Waals surface area contributed by atoms with Crippen LogP contribution < -0.4 is 0 Å². The Morgan fingerprint density at radius 3 is 3.04 bits per heavy atom. The highest BCUT2D eigenvalue weighted by atomic mass is 32.1. The van der Waals surface area contributed by atoms with Crippen LogP contribution in [0, 0.1) is 0 Å². The maximum atomic E-state index is 12.6. The number of imidazole rings is 1. The Morgan fingerprint density at radius 1 is 1.30 bits per heavy atom. The van der Waals surface area contributed by atoms with E-state index in [0.717, 1.165) is 42.7 Å². The maximum Gasteiger partial charge on any atom is 0.223 e. The van der Waals surface area contributed by atoms with Crippen LogP contribution in [0.1, 0.15) is 36.0 Å². The van der Waals surface area contributed by atoms with Crippen LogP contribution in [-0.4, -0.2) is 27.3 Å². The normalized spacial score (nSPS) is 17.9. The smallest absolute Gasteiger partial charge is 0.223 e. The van der Waals surface area contributed by atoms with Crippen LogP contribution in [-0.2, 0) is 11.2 Å². The predicted octanol–water partition coefficient (Wildman–Crippen LogP) is 3.92. The highest BCUT2D eigenvalue weighted by Crippen LogP contribution is 2.32. The number of aryl methyl sites for hydroxylation is 1. The molecule has 0 bridgehead atoms. The maximum absolute atomic E-state index is 12.6. The third kappa shape index (κ3) is 2.88. The summed E-state index contributed by atoms with van der Waals surface area (Å²) in [6, 6.07) is 12.3. The Kier molecular flexibility index (Phi) is 3.87. The van der Waals surface area contributed by atoms with Crippen molar-refractivity contribution in [2.24, 2.45) is 0 Å². The zero-order valence-corrected chi connectivity index (χ0v) is 13.7. The summed E-state index contributed by atoms with van der Waals surface area (Å²) in [5.41, 5.74) is 2.01. The number of rotatable bonds is 4. The van der Waals surface area contributed by atoms with Crippen LogP contribution >= 0.6 is 11.3 Å². The van der Waals surface area contributed by atoms with Gasteiger partial charge in [-0.05, 0) is 42.8 Å². The number of para-hydroxylation sites is 2. The summed E-state index contributed by atoms with van der Waals surface area (Å²) in [7, 11) is 0. The van der Waals surface area contributed by atoms with Gasteiger partial charge >= 0.3 is 0 Å². The molecule has 1 atom stereocenters. The standard InChI is InChI=1S/C18H19N3OS/c22-17(10-9-13-5-4-12-23-13)21-11-3-8-16(21)18-19-14-6-1-2-7-15(14)20-18/h1-2,4-7,12,16H,3,8-11H2,(H,19,20)/t16-/m1/s1. The first-order chi connectivity index (χ1) is 11.3. The van der Waals surface area contributed by atoms with Crippen molar-refractivity contribution < 1.29 is 4.79 Å². The molecule has 0 saturated carbocycles. The molecule has 1 aromatic carbocycles. The van der Waals surface area contributed by atoms with Gasteiger partial charge in [-0.2, -0.15) is 0 Å². The summed E-state index contributed by atoms with van der Waals surface area (Å²) in [6.07, 6.45) is 3.45. The van der Waals surface area contributed by atoms with E-state index in [9.17, 15) is 4.79 Å². The molecule has 118 valence electrons. The molecule has 2 aromatic heterocycles. The third-order valence-corrected chi connectivity index (χ3v) is 5.40. The molecule has 23 heavy (non-hydrogen) atoms. The number of aromatic nitrogens is 2. The number of hydrogen-bond acceptors (Lipinski definition) is 3. The number of nitrogens with one attached hydrogen (secondary N) is 1. The fourth-order valence-electron chi connectivity index (χ4n) is 3.31. The molecular weight excluding hydrogens is 306 g/mol. The quantitative estimate of drug-likeness (QED) is 0.790. The molecule has 0 spiro atoms. The Balaban J connectivity index is 1.50. The average Bonchev–Trinajstić information content (AvgIpc) is 3.31. The number of aromatic amines is 1. The first-order valence-corrected chi connectivity index (χ1v) is 8.96. The second-order valence-electron chi connectivity index (χ2n) is 5.96. The van der Waals surface area contributed by atoms with Crippen LogP contribution in [0.15, 0.2) is 41.8 Å².